The first-order chi connectivity index (χ1) is 9.58. The van der Waals surface area contributed by atoms with Crippen LogP contribution in [0.2, 0.25) is 0 Å². The van der Waals surface area contributed by atoms with Gasteiger partial charge in [-0.15, -0.1) is 0 Å². The van der Waals surface area contributed by atoms with E-state index in [0.717, 1.165) is 11.0 Å². The Morgan fingerprint density at radius 1 is 1.40 bits per heavy atom. The molecule has 0 saturated carbocycles. The summed E-state index contributed by atoms with van der Waals surface area (Å²) in [6, 6.07) is 9.69. The number of nitrogens with two attached hydrogens (primary N) is 1. The maximum Gasteiger partial charge on any atom is 0.287 e. The van der Waals surface area contributed by atoms with Crippen molar-refractivity contribution in [1.29, 1.82) is 0 Å². The number of carbonyl (C=O) groups excluding carboxylic acids is 1. The highest BCUT2D eigenvalue weighted by Gasteiger charge is 2.12. The largest absolute Gasteiger partial charge is 0.359 e. The highest BCUT2D eigenvalue weighted by Crippen LogP contribution is 2.13. The third-order valence-electron chi connectivity index (χ3n) is 2.71. The van der Waals surface area contributed by atoms with Crippen LogP contribution in [0.5, 0.6) is 0 Å². The van der Waals surface area contributed by atoms with Gasteiger partial charge in [0.05, 0.1) is 6.54 Å². The molecule has 0 radical (unpaired) electrons. The number of hydrogen-bond donors (Lipinski definition) is 2. The van der Waals surface area contributed by atoms with Crippen molar-refractivity contribution in [3.05, 3.63) is 51.8 Å². The third-order valence-corrected chi connectivity index (χ3v) is 3.24. The van der Waals surface area contributed by atoms with Crippen molar-refractivity contribution in [2.75, 3.05) is 7.05 Å². The van der Waals surface area contributed by atoms with E-state index < -0.39 is 5.91 Å². The second-order valence-electron chi connectivity index (χ2n) is 4.45. The van der Waals surface area contributed by atoms with Gasteiger partial charge in [-0.05, 0) is 24.7 Å². The van der Waals surface area contributed by atoms with E-state index in [1.807, 2.05) is 36.7 Å². The zero-order chi connectivity index (χ0) is 14.5. The van der Waals surface area contributed by atoms with Crippen LogP contribution in [0, 0.1) is 0 Å². The van der Waals surface area contributed by atoms with Crippen LogP contribution in [-0.2, 0) is 13.1 Å². The zero-order valence-electron chi connectivity index (χ0n) is 11.0. The number of halogens is 1. The summed E-state index contributed by atoms with van der Waals surface area (Å²) in [5, 5.41) is 3.66. The van der Waals surface area contributed by atoms with Gasteiger partial charge in [-0.2, -0.15) is 0 Å². The number of rotatable bonds is 5. The van der Waals surface area contributed by atoms with Gasteiger partial charge in [0, 0.05) is 17.1 Å². The lowest BCUT2D eigenvalue weighted by atomic mass is 10.2. The van der Waals surface area contributed by atoms with Gasteiger partial charge >= 0.3 is 0 Å². The first kappa shape index (κ1) is 14.7. The fourth-order valence-corrected chi connectivity index (χ4v) is 2.06. The Morgan fingerprint density at radius 3 is 2.75 bits per heavy atom. The van der Waals surface area contributed by atoms with Crippen molar-refractivity contribution in [1.82, 2.24) is 15.5 Å². The minimum Gasteiger partial charge on any atom is -0.359 e. The predicted molar refractivity (Wildman–Crippen MR) is 77.5 cm³/mol. The summed E-state index contributed by atoms with van der Waals surface area (Å²) >= 11 is 3.40. The summed E-state index contributed by atoms with van der Waals surface area (Å²) in [7, 11) is 1.97. The summed E-state index contributed by atoms with van der Waals surface area (Å²) in [6.45, 7) is 1.33. The van der Waals surface area contributed by atoms with Crippen LogP contribution >= 0.6 is 15.9 Å². The van der Waals surface area contributed by atoms with Gasteiger partial charge in [-0.3, -0.25) is 15.1 Å². The van der Waals surface area contributed by atoms with Crippen LogP contribution in [0.4, 0.5) is 0 Å². The Kier molecular flexibility index (Phi) is 4.89. The fourth-order valence-electron chi connectivity index (χ4n) is 1.79. The van der Waals surface area contributed by atoms with Crippen LogP contribution < -0.4 is 11.3 Å². The van der Waals surface area contributed by atoms with Crippen LogP contribution in [0.1, 0.15) is 21.8 Å². The molecular weight excluding hydrogens is 324 g/mol. The number of nitrogen functional groups attached to an aromatic ring is 1. The molecule has 0 unspecified atom stereocenters. The summed E-state index contributed by atoms with van der Waals surface area (Å²) in [5.74, 6) is 5.19. The van der Waals surface area contributed by atoms with Crippen LogP contribution in [0.15, 0.2) is 39.3 Å². The SMILES string of the molecule is CN(Cc1ccc(Br)cc1)Cc1cc(C(=O)NN)no1. The minimum absolute atomic E-state index is 0.180. The van der Waals surface area contributed by atoms with Gasteiger partial charge in [0.1, 0.15) is 0 Å². The molecule has 2 rings (SSSR count). The lowest BCUT2D eigenvalue weighted by Gasteiger charge is -2.14. The molecule has 6 nitrogen and oxygen atoms in total. The molecule has 7 heteroatoms. The molecule has 0 aliphatic heterocycles. The van der Waals surface area contributed by atoms with E-state index in [-0.39, 0.29) is 5.69 Å². The van der Waals surface area contributed by atoms with Gasteiger partial charge < -0.3 is 4.52 Å². The molecule has 0 bridgehead atoms. The molecule has 0 saturated heterocycles. The molecule has 3 N–H and O–H groups in total. The molecular formula is C13H15BrN4O2. The van der Waals surface area contributed by atoms with Crippen molar-refractivity contribution in [2.24, 2.45) is 5.84 Å². The van der Waals surface area contributed by atoms with Crippen LogP contribution in [0.3, 0.4) is 0 Å². The Labute approximate surface area is 125 Å². The van der Waals surface area contributed by atoms with E-state index >= 15 is 0 Å². The molecule has 0 atom stereocenters. The standard InChI is InChI=1S/C13H15BrN4O2/c1-18(7-9-2-4-10(14)5-3-9)8-11-6-12(17-20-11)13(19)16-15/h2-6H,7-8,15H2,1H3,(H,16,19). The molecule has 2 aromatic rings. The summed E-state index contributed by atoms with van der Waals surface area (Å²) in [6.07, 6.45) is 0. The quantitative estimate of drug-likeness (QED) is 0.492. The number of benzene rings is 1. The normalized spacial score (nSPS) is 10.8. The Hall–Kier alpha value is -1.70. The van der Waals surface area contributed by atoms with E-state index in [1.54, 1.807) is 6.07 Å². The first-order valence-corrected chi connectivity index (χ1v) is 6.77. The lowest BCUT2D eigenvalue weighted by molar-refractivity contribution is 0.0944. The highest BCUT2D eigenvalue weighted by molar-refractivity contribution is 9.10. The number of amides is 1. The molecule has 0 aliphatic carbocycles. The number of hydrazine groups is 1. The molecule has 1 amide bonds. The highest BCUT2D eigenvalue weighted by atomic mass is 79.9. The number of aromatic nitrogens is 1. The number of nitrogens with zero attached hydrogens (tertiary/aromatic N) is 2. The summed E-state index contributed by atoms with van der Waals surface area (Å²) in [4.78, 5) is 13.3. The van der Waals surface area contributed by atoms with Crippen molar-refractivity contribution in [3.8, 4) is 0 Å². The van der Waals surface area contributed by atoms with E-state index in [4.69, 9.17) is 10.4 Å². The van der Waals surface area contributed by atoms with Crippen molar-refractivity contribution < 1.29 is 9.32 Å². The maximum absolute atomic E-state index is 11.3. The zero-order valence-corrected chi connectivity index (χ0v) is 12.6. The van der Waals surface area contributed by atoms with Crippen LogP contribution in [-0.4, -0.2) is 23.0 Å². The minimum atomic E-state index is -0.462. The van der Waals surface area contributed by atoms with Crippen molar-refractivity contribution in [3.63, 3.8) is 0 Å². The molecule has 1 aromatic carbocycles. The molecule has 1 aromatic heterocycles. The lowest BCUT2D eigenvalue weighted by Crippen LogP contribution is -2.30. The number of carbonyl (C=O) groups is 1. The molecule has 1 heterocycles. The summed E-state index contributed by atoms with van der Waals surface area (Å²) in [5.41, 5.74) is 3.38. The predicted octanol–water partition coefficient (Wildman–Crippen LogP) is 1.67. The van der Waals surface area contributed by atoms with Gasteiger partial charge in [0.2, 0.25) is 0 Å². The van der Waals surface area contributed by atoms with Gasteiger partial charge in [-0.1, -0.05) is 33.2 Å². The van der Waals surface area contributed by atoms with Gasteiger partial charge in [0.15, 0.2) is 11.5 Å². The second-order valence-corrected chi connectivity index (χ2v) is 5.37. The Morgan fingerprint density at radius 2 is 2.10 bits per heavy atom. The number of nitrogens with one attached hydrogen (secondary N) is 1. The van der Waals surface area contributed by atoms with E-state index in [1.165, 1.54) is 5.56 Å². The molecule has 106 valence electrons. The average molecular weight is 339 g/mol. The topological polar surface area (TPSA) is 84.4 Å². The van der Waals surface area contributed by atoms with Gasteiger partial charge in [-0.25, -0.2) is 5.84 Å². The Balaban J connectivity index is 1.94. The Bertz CT molecular complexity index is 582. The molecule has 0 aliphatic rings. The smallest absolute Gasteiger partial charge is 0.287 e. The van der Waals surface area contributed by atoms with E-state index in [2.05, 4.69) is 26.0 Å². The molecule has 20 heavy (non-hydrogen) atoms. The van der Waals surface area contributed by atoms with Gasteiger partial charge in [0.25, 0.3) is 5.91 Å². The third kappa shape index (κ3) is 3.89. The van der Waals surface area contributed by atoms with E-state index in [9.17, 15) is 4.79 Å². The number of hydrogen-bond acceptors (Lipinski definition) is 5. The average Bonchev–Trinajstić information content (AvgIpc) is 2.89. The molecule has 0 fully saturated rings. The molecule has 0 spiro atoms. The fraction of sp³-hybridized carbons (Fsp3) is 0.231. The summed E-state index contributed by atoms with van der Waals surface area (Å²) < 4.78 is 6.15. The first-order valence-electron chi connectivity index (χ1n) is 5.98. The van der Waals surface area contributed by atoms with E-state index in [0.29, 0.717) is 12.3 Å². The second kappa shape index (κ2) is 6.65. The van der Waals surface area contributed by atoms with Crippen molar-refractivity contribution in [2.45, 2.75) is 13.1 Å². The monoisotopic (exact) mass is 338 g/mol. The van der Waals surface area contributed by atoms with Crippen molar-refractivity contribution >= 4 is 21.8 Å². The maximum atomic E-state index is 11.3. The van der Waals surface area contributed by atoms with Crippen LogP contribution in [0.25, 0.3) is 0 Å².